The quantitative estimate of drug-likeness (QED) is 0.780. The highest BCUT2D eigenvalue weighted by Gasteiger charge is 2.09. The van der Waals surface area contributed by atoms with Crippen LogP contribution >= 0.6 is 11.8 Å². The Morgan fingerprint density at radius 3 is 2.57 bits per heavy atom. The summed E-state index contributed by atoms with van der Waals surface area (Å²) in [6.07, 6.45) is 0. The molecule has 3 heteroatoms. The van der Waals surface area contributed by atoms with E-state index in [4.69, 9.17) is 5.73 Å². The minimum atomic E-state index is 0.550. The number of hydrogen-bond donors (Lipinski definition) is 1. The van der Waals surface area contributed by atoms with Crippen LogP contribution in [0.15, 0.2) is 11.1 Å². The van der Waals surface area contributed by atoms with Crippen LogP contribution < -0.4 is 5.73 Å². The second-order valence-corrected chi connectivity index (χ2v) is 5.30. The standard InChI is InChI=1S/C11H18N2S/c1-7(2)14-11-10(6-12)8(3)5-9(4)13-11/h5,7H,6,12H2,1-4H3. The van der Waals surface area contributed by atoms with Gasteiger partial charge in [-0.1, -0.05) is 13.8 Å². The molecule has 1 heterocycles. The minimum absolute atomic E-state index is 0.550. The van der Waals surface area contributed by atoms with Gasteiger partial charge in [-0.05, 0) is 25.5 Å². The first kappa shape index (κ1) is 11.5. The number of nitrogens with zero attached hydrogens (tertiary/aromatic N) is 1. The summed E-state index contributed by atoms with van der Waals surface area (Å²) in [6, 6.07) is 2.09. The van der Waals surface area contributed by atoms with Gasteiger partial charge in [0.05, 0.1) is 0 Å². The van der Waals surface area contributed by atoms with Crippen molar-refractivity contribution in [1.82, 2.24) is 4.98 Å². The topological polar surface area (TPSA) is 38.9 Å². The van der Waals surface area contributed by atoms with Crippen LogP contribution in [-0.4, -0.2) is 10.2 Å². The summed E-state index contributed by atoms with van der Waals surface area (Å²) in [6.45, 7) is 9.04. The van der Waals surface area contributed by atoms with Crippen molar-refractivity contribution >= 4 is 11.8 Å². The maximum Gasteiger partial charge on any atom is 0.101 e. The lowest BCUT2D eigenvalue weighted by atomic mass is 10.1. The molecule has 0 atom stereocenters. The van der Waals surface area contributed by atoms with Crippen molar-refractivity contribution in [3.8, 4) is 0 Å². The molecule has 1 aromatic rings. The van der Waals surface area contributed by atoms with Gasteiger partial charge < -0.3 is 5.73 Å². The molecule has 0 saturated heterocycles. The van der Waals surface area contributed by atoms with Gasteiger partial charge in [-0.15, -0.1) is 11.8 Å². The van der Waals surface area contributed by atoms with Crippen molar-refractivity contribution in [2.45, 2.75) is 44.5 Å². The van der Waals surface area contributed by atoms with E-state index in [0.717, 1.165) is 10.7 Å². The second-order valence-electron chi connectivity index (χ2n) is 3.73. The molecule has 2 N–H and O–H groups in total. The SMILES string of the molecule is Cc1cc(C)c(CN)c(SC(C)C)n1. The Morgan fingerprint density at radius 2 is 2.07 bits per heavy atom. The maximum atomic E-state index is 5.72. The van der Waals surface area contributed by atoms with Crippen molar-refractivity contribution in [2.24, 2.45) is 5.73 Å². The van der Waals surface area contributed by atoms with Crippen LogP contribution in [0.3, 0.4) is 0 Å². The van der Waals surface area contributed by atoms with Gasteiger partial charge in [0.15, 0.2) is 0 Å². The number of aromatic nitrogens is 1. The fourth-order valence-electron chi connectivity index (χ4n) is 1.40. The number of pyridine rings is 1. The van der Waals surface area contributed by atoms with E-state index in [1.165, 1.54) is 11.1 Å². The van der Waals surface area contributed by atoms with E-state index in [2.05, 4.69) is 31.8 Å². The first-order chi connectivity index (χ1) is 6.54. The Hall–Kier alpha value is -0.540. The number of aryl methyl sites for hydroxylation is 2. The third-order valence-corrected chi connectivity index (χ3v) is 3.02. The van der Waals surface area contributed by atoms with Gasteiger partial charge in [-0.25, -0.2) is 4.98 Å². The molecule has 0 fully saturated rings. The molecule has 0 amide bonds. The van der Waals surface area contributed by atoms with Crippen molar-refractivity contribution in [3.05, 3.63) is 22.9 Å². The van der Waals surface area contributed by atoms with E-state index in [9.17, 15) is 0 Å². The molecule has 0 bridgehead atoms. The fraction of sp³-hybridized carbons (Fsp3) is 0.545. The molecule has 0 aliphatic carbocycles. The van der Waals surface area contributed by atoms with Gasteiger partial charge >= 0.3 is 0 Å². The zero-order valence-corrected chi connectivity index (χ0v) is 10.1. The summed E-state index contributed by atoms with van der Waals surface area (Å²) in [4.78, 5) is 4.53. The van der Waals surface area contributed by atoms with E-state index in [-0.39, 0.29) is 0 Å². The monoisotopic (exact) mass is 210 g/mol. The first-order valence-electron chi connectivity index (χ1n) is 4.88. The third kappa shape index (κ3) is 2.72. The maximum absolute atomic E-state index is 5.72. The summed E-state index contributed by atoms with van der Waals surface area (Å²) in [5.41, 5.74) is 9.24. The molecule has 0 aliphatic heterocycles. The molecule has 2 nitrogen and oxygen atoms in total. The third-order valence-electron chi connectivity index (χ3n) is 1.99. The van der Waals surface area contributed by atoms with Crippen molar-refractivity contribution in [2.75, 3.05) is 0 Å². The lowest BCUT2D eigenvalue weighted by Crippen LogP contribution is -2.05. The molecule has 0 unspecified atom stereocenters. The van der Waals surface area contributed by atoms with E-state index in [0.29, 0.717) is 11.8 Å². The lowest BCUT2D eigenvalue weighted by molar-refractivity contribution is 0.917. The van der Waals surface area contributed by atoms with Gasteiger partial charge in [0, 0.05) is 23.1 Å². The number of thioether (sulfide) groups is 1. The molecule has 78 valence electrons. The van der Waals surface area contributed by atoms with Crippen LogP contribution in [-0.2, 0) is 6.54 Å². The zero-order chi connectivity index (χ0) is 10.7. The molecule has 0 saturated carbocycles. The number of hydrogen-bond acceptors (Lipinski definition) is 3. The van der Waals surface area contributed by atoms with E-state index in [1.807, 2.05) is 6.92 Å². The summed E-state index contributed by atoms with van der Waals surface area (Å²) >= 11 is 1.79. The highest BCUT2D eigenvalue weighted by molar-refractivity contribution is 7.99. The summed E-state index contributed by atoms with van der Waals surface area (Å²) in [5, 5.41) is 1.65. The lowest BCUT2D eigenvalue weighted by Gasteiger charge is -2.12. The number of rotatable bonds is 3. The molecule has 0 aromatic carbocycles. The Morgan fingerprint density at radius 1 is 1.43 bits per heavy atom. The van der Waals surface area contributed by atoms with E-state index >= 15 is 0 Å². The molecule has 0 radical (unpaired) electrons. The molecule has 14 heavy (non-hydrogen) atoms. The molecule has 0 spiro atoms. The predicted molar refractivity (Wildman–Crippen MR) is 62.6 cm³/mol. The normalized spacial score (nSPS) is 11.0. The first-order valence-corrected chi connectivity index (χ1v) is 5.76. The van der Waals surface area contributed by atoms with Crippen LogP contribution in [0, 0.1) is 13.8 Å². The minimum Gasteiger partial charge on any atom is -0.326 e. The Labute approximate surface area is 90.3 Å². The van der Waals surface area contributed by atoms with Gasteiger partial charge in [0.2, 0.25) is 0 Å². The molecule has 0 aliphatic rings. The van der Waals surface area contributed by atoms with Gasteiger partial charge in [-0.3, -0.25) is 0 Å². The zero-order valence-electron chi connectivity index (χ0n) is 9.29. The predicted octanol–water partition coefficient (Wildman–Crippen LogP) is 2.66. The van der Waals surface area contributed by atoms with Crippen LogP contribution in [0.5, 0.6) is 0 Å². The average molecular weight is 210 g/mol. The Balaban J connectivity index is 3.11. The van der Waals surface area contributed by atoms with Crippen LogP contribution in [0.4, 0.5) is 0 Å². The second kappa shape index (κ2) is 4.80. The van der Waals surface area contributed by atoms with Gasteiger partial charge in [0.1, 0.15) is 5.03 Å². The van der Waals surface area contributed by atoms with Crippen molar-refractivity contribution in [3.63, 3.8) is 0 Å². The average Bonchev–Trinajstić information content (AvgIpc) is 2.01. The van der Waals surface area contributed by atoms with Gasteiger partial charge in [-0.2, -0.15) is 0 Å². The Kier molecular flexibility index (Phi) is 3.96. The summed E-state index contributed by atoms with van der Waals surface area (Å²) in [7, 11) is 0. The molecule has 1 rings (SSSR count). The van der Waals surface area contributed by atoms with Crippen LogP contribution in [0.2, 0.25) is 0 Å². The fourth-order valence-corrected chi connectivity index (χ4v) is 2.43. The van der Waals surface area contributed by atoms with Crippen LogP contribution in [0.1, 0.15) is 30.7 Å². The molecular weight excluding hydrogens is 192 g/mol. The molecular formula is C11H18N2S. The molecule has 1 aromatic heterocycles. The van der Waals surface area contributed by atoms with Gasteiger partial charge in [0.25, 0.3) is 0 Å². The van der Waals surface area contributed by atoms with E-state index < -0.39 is 0 Å². The van der Waals surface area contributed by atoms with Crippen LogP contribution in [0.25, 0.3) is 0 Å². The highest BCUT2D eigenvalue weighted by atomic mass is 32.2. The van der Waals surface area contributed by atoms with E-state index in [1.54, 1.807) is 11.8 Å². The van der Waals surface area contributed by atoms with Crippen molar-refractivity contribution < 1.29 is 0 Å². The summed E-state index contributed by atoms with van der Waals surface area (Å²) in [5.74, 6) is 0. The number of nitrogens with two attached hydrogens (primary N) is 1. The summed E-state index contributed by atoms with van der Waals surface area (Å²) < 4.78 is 0. The Bertz CT molecular complexity index is 321. The van der Waals surface area contributed by atoms with Crippen molar-refractivity contribution in [1.29, 1.82) is 0 Å². The largest absolute Gasteiger partial charge is 0.326 e. The highest BCUT2D eigenvalue weighted by Crippen LogP contribution is 2.26. The smallest absolute Gasteiger partial charge is 0.101 e.